The molecule has 2 unspecified atom stereocenters. The molecule has 0 saturated carbocycles. The van der Waals surface area contributed by atoms with Crippen LogP contribution in [0.15, 0.2) is 18.2 Å². The minimum atomic E-state index is -5.02. The molecule has 2 heterocycles. The van der Waals surface area contributed by atoms with Gasteiger partial charge in [-0.2, -0.15) is 26.3 Å². The number of alkyl halides is 6. The number of piperidine rings is 2. The maximum atomic E-state index is 13.2. The molecule has 2 aliphatic heterocycles. The molecule has 2 saturated heterocycles. The second-order valence-electron chi connectivity index (χ2n) is 6.75. The number of rotatable bonds is 2. The predicted molar refractivity (Wildman–Crippen MR) is 78.1 cm³/mol. The van der Waals surface area contributed by atoms with E-state index in [1.54, 1.807) is 0 Å². The van der Waals surface area contributed by atoms with E-state index in [4.69, 9.17) is 0 Å². The highest BCUT2D eigenvalue weighted by atomic mass is 19.4. The predicted octanol–water partition coefficient (Wildman–Crippen LogP) is 4.83. The zero-order valence-corrected chi connectivity index (χ0v) is 13.2. The Labute approximate surface area is 140 Å². The Morgan fingerprint density at radius 2 is 1.40 bits per heavy atom. The molecule has 8 heteroatoms. The number of nitrogens with one attached hydrogen (secondary N) is 1. The summed E-state index contributed by atoms with van der Waals surface area (Å²) in [5.74, 6) is -1.86. The largest absolute Gasteiger partial charge is 0.417 e. The first-order valence-electron chi connectivity index (χ1n) is 8.15. The van der Waals surface area contributed by atoms with Crippen LogP contribution in [0.4, 0.5) is 26.3 Å². The molecule has 1 aromatic rings. The molecule has 0 spiro atoms. The first kappa shape index (κ1) is 18.2. The molecule has 2 nitrogen and oxygen atoms in total. The topological polar surface area (TPSA) is 29.1 Å². The summed E-state index contributed by atoms with van der Waals surface area (Å²) in [5.41, 5.74) is -4.24. The van der Waals surface area contributed by atoms with Gasteiger partial charge in [0.05, 0.1) is 11.1 Å². The normalized spacial score (nSPS) is 27.2. The third kappa shape index (κ3) is 3.68. The van der Waals surface area contributed by atoms with Crippen molar-refractivity contribution < 1.29 is 31.1 Å². The molecular weight excluding hydrogens is 348 g/mol. The summed E-state index contributed by atoms with van der Waals surface area (Å²) in [6.45, 7) is 0. The van der Waals surface area contributed by atoms with Crippen molar-refractivity contribution in [3.63, 3.8) is 0 Å². The summed E-state index contributed by atoms with van der Waals surface area (Å²) in [4.78, 5) is 12.7. The van der Waals surface area contributed by atoms with Crippen LogP contribution in [-0.4, -0.2) is 17.9 Å². The number of benzene rings is 1. The smallest absolute Gasteiger partial charge is 0.311 e. The van der Waals surface area contributed by atoms with Gasteiger partial charge in [-0.1, -0.05) is 12.5 Å². The van der Waals surface area contributed by atoms with Crippen LogP contribution in [0.1, 0.15) is 53.6 Å². The standard InChI is InChI=1S/C17H17F6NO/c18-16(19,20)12-5-2-6-13(17(21,22)23)14(12)15(25)9-7-10-3-1-4-11(8-9)24-10/h2,5-6,9-11,24H,1,3-4,7-8H2. The Morgan fingerprint density at radius 1 is 0.920 bits per heavy atom. The maximum Gasteiger partial charge on any atom is 0.417 e. The van der Waals surface area contributed by atoms with Gasteiger partial charge < -0.3 is 5.32 Å². The van der Waals surface area contributed by atoms with Gasteiger partial charge in [0.15, 0.2) is 5.78 Å². The molecule has 1 aromatic carbocycles. The number of hydrogen-bond donors (Lipinski definition) is 1. The van der Waals surface area contributed by atoms with Gasteiger partial charge >= 0.3 is 12.4 Å². The second kappa shape index (κ2) is 6.30. The fraction of sp³-hybridized carbons (Fsp3) is 0.588. The quantitative estimate of drug-likeness (QED) is 0.601. The molecule has 1 N–H and O–H groups in total. The van der Waals surface area contributed by atoms with Crippen molar-refractivity contribution in [3.05, 3.63) is 34.9 Å². The van der Waals surface area contributed by atoms with Crippen molar-refractivity contribution in [1.29, 1.82) is 0 Å². The highest BCUT2D eigenvalue weighted by Gasteiger charge is 2.45. The molecular formula is C17H17F6NO. The fourth-order valence-corrected chi connectivity index (χ4v) is 3.97. The van der Waals surface area contributed by atoms with Crippen LogP contribution in [0.25, 0.3) is 0 Å². The molecule has 138 valence electrons. The van der Waals surface area contributed by atoms with Gasteiger partial charge in [0, 0.05) is 23.6 Å². The van der Waals surface area contributed by atoms with Crippen molar-refractivity contribution in [2.75, 3.05) is 0 Å². The third-order valence-electron chi connectivity index (χ3n) is 5.01. The third-order valence-corrected chi connectivity index (χ3v) is 5.01. The lowest BCUT2D eigenvalue weighted by molar-refractivity contribution is -0.143. The summed E-state index contributed by atoms with van der Waals surface area (Å²) in [7, 11) is 0. The SMILES string of the molecule is O=C(c1c(C(F)(F)F)cccc1C(F)(F)F)C1CC2CCCC(C1)N2. The van der Waals surface area contributed by atoms with Crippen LogP contribution in [-0.2, 0) is 12.4 Å². The number of Topliss-reactive ketones (excluding diaryl/α,β-unsaturated/α-hetero) is 1. The molecule has 0 radical (unpaired) electrons. The minimum absolute atomic E-state index is 0.0196. The van der Waals surface area contributed by atoms with Crippen molar-refractivity contribution in [1.82, 2.24) is 5.32 Å². The van der Waals surface area contributed by atoms with Gasteiger partial charge in [0.25, 0.3) is 0 Å². The molecule has 2 aliphatic rings. The number of carbonyl (C=O) groups excluding carboxylic acids is 1. The molecule has 0 amide bonds. The highest BCUT2D eigenvalue weighted by Crippen LogP contribution is 2.42. The number of ketones is 1. The molecule has 2 atom stereocenters. The first-order chi connectivity index (χ1) is 11.6. The van der Waals surface area contributed by atoms with Gasteiger partial charge in [-0.3, -0.25) is 4.79 Å². The molecule has 25 heavy (non-hydrogen) atoms. The van der Waals surface area contributed by atoms with Crippen LogP contribution in [0, 0.1) is 5.92 Å². The molecule has 0 aromatic heterocycles. The van der Waals surface area contributed by atoms with Crippen molar-refractivity contribution in [2.45, 2.75) is 56.5 Å². The lowest BCUT2D eigenvalue weighted by Crippen LogP contribution is -2.50. The van der Waals surface area contributed by atoms with E-state index < -0.39 is 40.7 Å². The second-order valence-corrected chi connectivity index (χ2v) is 6.75. The Hall–Kier alpha value is -1.57. The zero-order valence-electron chi connectivity index (χ0n) is 13.2. The Balaban J connectivity index is 2.04. The molecule has 0 aliphatic carbocycles. The zero-order chi connectivity index (χ0) is 18.4. The van der Waals surface area contributed by atoms with Gasteiger partial charge in [0.1, 0.15) is 0 Å². The van der Waals surface area contributed by atoms with Gasteiger partial charge in [-0.15, -0.1) is 0 Å². The van der Waals surface area contributed by atoms with Crippen molar-refractivity contribution in [2.24, 2.45) is 5.92 Å². The van der Waals surface area contributed by atoms with E-state index in [1.807, 2.05) is 0 Å². The van der Waals surface area contributed by atoms with Crippen LogP contribution < -0.4 is 5.32 Å². The number of carbonyl (C=O) groups is 1. The summed E-state index contributed by atoms with van der Waals surface area (Å²) < 4.78 is 79.5. The van der Waals surface area contributed by atoms with E-state index in [2.05, 4.69) is 5.32 Å². The Morgan fingerprint density at radius 3 is 1.84 bits per heavy atom. The van der Waals surface area contributed by atoms with E-state index in [0.717, 1.165) is 19.3 Å². The Bertz CT molecular complexity index is 622. The number of fused-ring (bicyclic) bond motifs is 2. The summed E-state index contributed by atoms with van der Waals surface area (Å²) in [6.07, 6.45) is -6.96. The van der Waals surface area contributed by atoms with Crippen LogP contribution in [0.3, 0.4) is 0 Å². The molecule has 2 fully saturated rings. The van der Waals surface area contributed by atoms with Gasteiger partial charge in [-0.25, -0.2) is 0 Å². The molecule has 3 rings (SSSR count). The van der Waals surface area contributed by atoms with Crippen LogP contribution in [0.2, 0.25) is 0 Å². The Kier molecular flexibility index (Phi) is 4.59. The van der Waals surface area contributed by atoms with E-state index >= 15 is 0 Å². The van der Waals surface area contributed by atoms with E-state index in [1.165, 1.54) is 0 Å². The molecule has 2 bridgehead atoms. The average molecular weight is 365 g/mol. The summed E-state index contributed by atoms with van der Waals surface area (Å²) in [5, 5.41) is 3.28. The van der Waals surface area contributed by atoms with Crippen molar-refractivity contribution in [3.8, 4) is 0 Å². The van der Waals surface area contributed by atoms with Gasteiger partial charge in [0.2, 0.25) is 0 Å². The monoisotopic (exact) mass is 365 g/mol. The highest BCUT2D eigenvalue weighted by molar-refractivity contribution is 6.01. The van der Waals surface area contributed by atoms with Crippen LogP contribution >= 0.6 is 0 Å². The van der Waals surface area contributed by atoms with Gasteiger partial charge in [-0.05, 0) is 37.8 Å². The van der Waals surface area contributed by atoms with Crippen LogP contribution in [0.5, 0.6) is 0 Å². The lowest BCUT2D eigenvalue weighted by Gasteiger charge is -2.40. The van der Waals surface area contributed by atoms with E-state index in [9.17, 15) is 31.1 Å². The first-order valence-corrected chi connectivity index (χ1v) is 8.15. The van der Waals surface area contributed by atoms with E-state index in [0.29, 0.717) is 18.2 Å². The summed E-state index contributed by atoms with van der Waals surface area (Å²) >= 11 is 0. The summed E-state index contributed by atoms with van der Waals surface area (Å²) in [6, 6.07) is 1.75. The average Bonchev–Trinajstić information content (AvgIpc) is 2.51. The van der Waals surface area contributed by atoms with E-state index in [-0.39, 0.29) is 24.9 Å². The fourth-order valence-electron chi connectivity index (χ4n) is 3.97. The van der Waals surface area contributed by atoms with Crippen molar-refractivity contribution >= 4 is 5.78 Å². The minimum Gasteiger partial charge on any atom is -0.311 e. The lowest BCUT2D eigenvalue weighted by atomic mass is 9.76. The number of hydrogen-bond acceptors (Lipinski definition) is 2. The number of halogens is 6. The maximum absolute atomic E-state index is 13.2.